The summed E-state index contributed by atoms with van der Waals surface area (Å²) in [5, 5.41) is 2.49. The number of fused-ring (bicyclic) bond motifs is 1. The average molecular weight is 547 g/mol. The summed E-state index contributed by atoms with van der Waals surface area (Å²) in [4.78, 5) is 16.8. The highest BCUT2D eigenvalue weighted by Crippen LogP contribution is 2.36. The molecular formula is C26H27ClN2O5S2. The lowest BCUT2D eigenvalue weighted by molar-refractivity contribution is -0.135. The number of carbonyl (C=O) groups excluding carboxylic acids is 1. The number of nitrogens with zero attached hydrogens (tertiary/aromatic N) is 2. The van der Waals surface area contributed by atoms with Gasteiger partial charge in [0.25, 0.3) is 0 Å². The Kier molecular flexibility index (Phi) is 7.25. The van der Waals surface area contributed by atoms with Gasteiger partial charge in [0.2, 0.25) is 15.9 Å². The molecule has 1 atom stereocenters. The van der Waals surface area contributed by atoms with Crippen molar-refractivity contribution in [3.05, 3.63) is 75.4 Å². The van der Waals surface area contributed by atoms with Crippen LogP contribution in [0.25, 0.3) is 0 Å². The fourth-order valence-corrected chi connectivity index (χ4v) is 7.17. The summed E-state index contributed by atoms with van der Waals surface area (Å²) in [6, 6.07) is 15.0. The number of methoxy groups -OCH3 is 1. The van der Waals surface area contributed by atoms with Gasteiger partial charge in [-0.3, -0.25) is 4.79 Å². The van der Waals surface area contributed by atoms with Crippen molar-refractivity contribution in [1.29, 1.82) is 0 Å². The monoisotopic (exact) mass is 546 g/mol. The molecule has 1 fully saturated rings. The van der Waals surface area contributed by atoms with E-state index in [0.717, 1.165) is 24.8 Å². The maximum atomic E-state index is 13.7. The average Bonchev–Trinajstić information content (AvgIpc) is 3.61. The molecule has 0 radical (unpaired) electrons. The third-order valence-corrected chi connectivity index (χ3v) is 9.69. The number of ether oxygens (including phenoxy) is 2. The maximum absolute atomic E-state index is 13.7. The molecule has 1 aliphatic heterocycles. The molecule has 1 aromatic heterocycles. The molecule has 0 unspecified atom stereocenters. The first-order valence-electron chi connectivity index (χ1n) is 11.8. The van der Waals surface area contributed by atoms with Crippen LogP contribution in [0.1, 0.15) is 29.3 Å². The summed E-state index contributed by atoms with van der Waals surface area (Å²) in [5.41, 5.74) is 1.06. The Labute approximate surface area is 220 Å². The van der Waals surface area contributed by atoms with Crippen molar-refractivity contribution < 1.29 is 22.7 Å². The number of halogens is 1. The van der Waals surface area contributed by atoms with E-state index in [1.165, 1.54) is 21.3 Å². The lowest BCUT2D eigenvalue weighted by Crippen LogP contribution is -2.48. The van der Waals surface area contributed by atoms with Crippen LogP contribution in [0.4, 0.5) is 0 Å². The number of hydrogen-bond acceptors (Lipinski definition) is 6. The van der Waals surface area contributed by atoms with Gasteiger partial charge >= 0.3 is 0 Å². The van der Waals surface area contributed by atoms with Crippen LogP contribution in [0, 0.1) is 0 Å². The van der Waals surface area contributed by atoms with E-state index in [0.29, 0.717) is 23.1 Å². The molecule has 1 aliphatic carbocycles. The molecule has 0 saturated heterocycles. The highest BCUT2D eigenvalue weighted by atomic mass is 35.5. The maximum Gasteiger partial charge on any atom is 0.243 e. The molecule has 1 saturated carbocycles. The topological polar surface area (TPSA) is 76.2 Å². The van der Waals surface area contributed by atoms with E-state index >= 15 is 0 Å². The molecule has 190 valence electrons. The minimum absolute atomic E-state index is 0.142. The van der Waals surface area contributed by atoms with Gasteiger partial charge in [0.1, 0.15) is 18.1 Å². The third kappa shape index (κ3) is 5.25. The van der Waals surface area contributed by atoms with Crippen molar-refractivity contribution in [3.8, 4) is 11.5 Å². The third-order valence-electron chi connectivity index (χ3n) is 6.53. The Morgan fingerprint density at radius 3 is 2.61 bits per heavy atom. The summed E-state index contributed by atoms with van der Waals surface area (Å²) in [6.07, 6.45) is 2.23. The first kappa shape index (κ1) is 25.1. The quantitative estimate of drug-likeness (QED) is 0.386. The van der Waals surface area contributed by atoms with Gasteiger partial charge in [-0.05, 0) is 72.7 Å². The number of sulfonamides is 1. The van der Waals surface area contributed by atoms with E-state index in [-0.39, 0.29) is 36.0 Å². The first-order chi connectivity index (χ1) is 17.4. The summed E-state index contributed by atoms with van der Waals surface area (Å²) in [7, 11) is -2.24. The number of thiophene rings is 1. The van der Waals surface area contributed by atoms with Gasteiger partial charge in [-0.2, -0.15) is 4.31 Å². The van der Waals surface area contributed by atoms with Crippen LogP contribution < -0.4 is 9.47 Å². The van der Waals surface area contributed by atoms with Crippen LogP contribution in [-0.2, 0) is 21.2 Å². The van der Waals surface area contributed by atoms with Crippen LogP contribution >= 0.6 is 22.9 Å². The molecule has 5 rings (SSSR count). The van der Waals surface area contributed by atoms with E-state index < -0.39 is 10.0 Å². The van der Waals surface area contributed by atoms with Gasteiger partial charge in [-0.1, -0.05) is 17.7 Å². The van der Waals surface area contributed by atoms with Crippen molar-refractivity contribution in [1.82, 2.24) is 9.21 Å². The largest absolute Gasteiger partial charge is 0.497 e. The summed E-state index contributed by atoms with van der Waals surface area (Å²) in [5.74, 6) is 1.11. The fourth-order valence-electron chi connectivity index (χ4n) is 4.48. The predicted octanol–water partition coefficient (Wildman–Crippen LogP) is 4.77. The number of rotatable bonds is 9. The van der Waals surface area contributed by atoms with Crippen LogP contribution in [0.5, 0.6) is 11.5 Å². The molecule has 2 aliphatic rings. The molecule has 2 aromatic carbocycles. The Morgan fingerprint density at radius 1 is 1.14 bits per heavy atom. The normalized spacial score (nSPS) is 17.6. The SMILES string of the molecule is COc1cccc(OC[C@H]2c3ccsc3CCN2C(=O)CN(C2CC2)S(=O)(=O)c2ccc(Cl)cc2)c1. The summed E-state index contributed by atoms with van der Waals surface area (Å²) < 4.78 is 39.6. The van der Waals surface area contributed by atoms with Crippen molar-refractivity contribution in [2.24, 2.45) is 0 Å². The summed E-state index contributed by atoms with van der Waals surface area (Å²) >= 11 is 7.63. The van der Waals surface area contributed by atoms with Crippen molar-refractivity contribution in [2.75, 3.05) is 26.8 Å². The number of benzene rings is 2. The lowest BCUT2D eigenvalue weighted by atomic mass is 10.0. The molecule has 7 nitrogen and oxygen atoms in total. The molecule has 36 heavy (non-hydrogen) atoms. The van der Waals surface area contributed by atoms with E-state index in [2.05, 4.69) is 0 Å². The molecule has 3 aromatic rings. The summed E-state index contributed by atoms with van der Waals surface area (Å²) in [6.45, 7) is 0.568. The second-order valence-corrected chi connectivity index (χ2v) is 12.2. The smallest absolute Gasteiger partial charge is 0.243 e. The van der Waals surface area contributed by atoms with Gasteiger partial charge in [0.15, 0.2) is 0 Å². The van der Waals surface area contributed by atoms with Crippen LogP contribution in [0.15, 0.2) is 64.9 Å². The van der Waals surface area contributed by atoms with Crippen molar-refractivity contribution >= 4 is 38.9 Å². The zero-order valence-electron chi connectivity index (χ0n) is 19.8. The highest BCUT2D eigenvalue weighted by molar-refractivity contribution is 7.89. The van der Waals surface area contributed by atoms with E-state index in [4.69, 9.17) is 21.1 Å². The molecule has 0 N–H and O–H groups in total. The van der Waals surface area contributed by atoms with E-state index in [1.807, 2.05) is 29.6 Å². The van der Waals surface area contributed by atoms with Crippen molar-refractivity contribution in [2.45, 2.75) is 36.2 Å². The van der Waals surface area contributed by atoms with Gasteiger partial charge in [-0.15, -0.1) is 11.3 Å². The van der Waals surface area contributed by atoms with Crippen molar-refractivity contribution in [3.63, 3.8) is 0 Å². The Morgan fingerprint density at radius 2 is 1.89 bits per heavy atom. The van der Waals surface area contributed by atoms with Gasteiger partial charge in [0.05, 0.1) is 24.6 Å². The highest BCUT2D eigenvalue weighted by Gasteiger charge is 2.41. The predicted molar refractivity (Wildman–Crippen MR) is 139 cm³/mol. The molecule has 0 bridgehead atoms. The zero-order valence-corrected chi connectivity index (χ0v) is 22.2. The van der Waals surface area contributed by atoms with Crippen LogP contribution in [0.2, 0.25) is 5.02 Å². The van der Waals surface area contributed by atoms with Gasteiger partial charge in [0, 0.05) is 28.6 Å². The number of hydrogen-bond donors (Lipinski definition) is 0. The molecular weight excluding hydrogens is 520 g/mol. The molecule has 10 heteroatoms. The molecule has 0 spiro atoms. The minimum atomic E-state index is -3.83. The first-order valence-corrected chi connectivity index (χ1v) is 14.5. The number of carbonyl (C=O) groups is 1. The van der Waals surface area contributed by atoms with E-state index in [9.17, 15) is 13.2 Å². The Balaban J connectivity index is 1.37. The lowest BCUT2D eigenvalue weighted by Gasteiger charge is -2.37. The second-order valence-electron chi connectivity index (χ2n) is 8.88. The van der Waals surface area contributed by atoms with Gasteiger partial charge < -0.3 is 14.4 Å². The molecule has 1 amide bonds. The second kappa shape index (κ2) is 10.4. The fraction of sp³-hybridized carbons (Fsp3) is 0.346. The zero-order chi connectivity index (χ0) is 25.3. The van der Waals surface area contributed by atoms with Gasteiger partial charge in [-0.25, -0.2) is 8.42 Å². The Hall–Kier alpha value is -2.59. The van der Waals surface area contributed by atoms with Crippen LogP contribution in [-0.4, -0.2) is 56.4 Å². The van der Waals surface area contributed by atoms with E-state index in [1.54, 1.807) is 41.5 Å². The minimum Gasteiger partial charge on any atom is -0.497 e. The van der Waals surface area contributed by atoms with Crippen LogP contribution in [0.3, 0.4) is 0 Å². The molecule has 2 heterocycles. The Bertz CT molecular complexity index is 1340. The number of amides is 1. The standard InChI is InChI=1S/C26H27ClN2O5S2/c1-33-20-3-2-4-21(15-20)34-17-24-23-12-14-35-25(23)11-13-28(24)26(30)16-29(19-7-8-19)36(31,32)22-9-5-18(27)6-10-22/h2-6,9-10,12,14-15,19,24H,7-8,11,13,16-17H2,1H3/t24-/m0/s1.